The first-order valence-corrected chi connectivity index (χ1v) is 10.7. The van der Waals surface area contributed by atoms with Gasteiger partial charge in [0, 0.05) is 11.7 Å². The summed E-state index contributed by atoms with van der Waals surface area (Å²) in [4.78, 5) is 24.9. The number of hydrogen-bond acceptors (Lipinski definition) is 3. The van der Waals surface area contributed by atoms with Crippen molar-refractivity contribution < 1.29 is 9.59 Å². The SMILES string of the molecule is CCc1ccc([C@H](N[C@@H](C)C(=O)NCC(=O)Nc2c(C)cccc2C)C(C)C)cc1. The molecule has 0 aliphatic heterocycles. The van der Waals surface area contributed by atoms with Crippen LogP contribution < -0.4 is 16.0 Å². The smallest absolute Gasteiger partial charge is 0.243 e. The molecule has 0 bridgehead atoms. The topological polar surface area (TPSA) is 70.2 Å². The van der Waals surface area contributed by atoms with Crippen molar-refractivity contribution in [2.45, 2.75) is 60.0 Å². The highest BCUT2D eigenvalue weighted by Crippen LogP contribution is 2.23. The molecular formula is C25H35N3O2. The minimum Gasteiger partial charge on any atom is -0.346 e. The molecule has 0 fully saturated rings. The molecule has 3 N–H and O–H groups in total. The third-order valence-electron chi connectivity index (χ3n) is 5.41. The van der Waals surface area contributed by atoms with Crippen LogP contribution in [0.5, 0.6) is 0 Å². The minimum absolute atomic E-state index is 0.0556. The molecule has 5 heteroatoms. The van der Waals surface area contributed by atoms with Crippen LogP contribution in [0.1, 0.15) is 56.0 Å². The Hall–Kier alpha value is -2.66. The summed E-state index contributed by atoms with van der Waals surface area (Å²) in [6.07, 6.45) is 1.00. The van der Waals surface area contributed by atoms with E-state index in [9.17, 15) is 9.59 Å². The Kier molecular flexibility index (Phi) is 8.60. The quantitative estimate of drug-likeness (QED) is 0.578. The number of anilines is 1. The van der Waals surface area contributed by atoms with E-state index in [0.29, 0.717) is 5.92 Å². The van der Waals surface area contributed by atoms with Gasteiger partial charge in [-0.05, 0) is 55.4 Å². The molecule has 162 valence electrons. The number of benzene rings is 2. The van der Waals surface area contributed by atoms with Crippen molar-refractivity contribution in [2.24, 2.45) is 5.92 Å². The van der Waals surface area contributed by atoms with Gasteiger partial charge in [-0.1, -0.05) is 63.2 Å². The Morgan fingerprint density at radius 1 is 0.933 bits per heavy atom. The van der Waals surface area contributed by atoms with Gasteiger partial charge in [-0.25, -0.2) is 0 Å². The van der Waals surface area contributed by atoms with E-state index in [4.69, 9.17) is 0 Å². The zero-order valence-electron chi connectivity index (χ0n) is 19.0. The first-order valence-electron chi connectivity index (χ1n) is 10.7. The molecule has 30 heavy (non-hydrogen) atoms. The van der Waals surface area contributed by atoms with Crippen LogP contribution >= 0.6 is 0 Å². The number of para-hydroxylation sites is 1. The van der Waals surface area contributed by atoms with Gasteiger partial charge >= 0.3 is 0 Å². The number of nitrogens with one attached hydrogen (secondary N) is 3. The molecule has 2 rings (SSSR count). The number of amides is 2. The Morgan fingerprint density at radius 2 is 1.53 bits per heavy atom. The molecule has 0 saturated heterocycles. The summed E-state index contributed by atoms with van der Waals surface area (Å²) in [6, 6.07) is 14.0. The molecule has 2 atom stereocenters. The lowest BCUT2D eigenvalue weighted by atomic mass is 9.94. The largest absolute Gasteiger partial charge is 0.346 e. The summed E-state index contributed by atoms with van der Waals surface area (Å²) in [5.74, 6) is -0.106. The molecule has 2 aromatic carbocycles. The number of carbonyl (C=O) groups excluding carboxylic acids is 2. The highest BCUT2D eigenvalue weighted by atomic mass is 16.2. The van der Waals surface area contributed by atoms with E-state index in [1.54, 1.807) is 0 Å². The molecule has 0 aliphatic rings. The number of aryl methyl sites for hydroxylation is 3. The van der Waals surface area contributed by atoms with Gasteiger partial charge in [0.2, 0.25) is 11.8 Å². The van der Waals surface area contributed by atoms with Crippen molar-refractivity contribution in [2.75, 3.05) is 11.9 Å². The number of carbonyl (C=O) groups is 2. The van der Waals surface area contributed by atoms with Gasteiger partial charge in [0.25, 0.3) is 0 Å². The molecule has 2 amide bonds. The van der Waals surface area contributed by atoms with Crippen molar-refractivity contribution >= 4 is 17.5 Å². The fraction of sp³-hybridized carbons (Fsp3) is 0.440. The van der Waals surface area contributed by atoms with Crippen LogP contribution in [0.15, 0.2) is 42.5 Å². The first kappa shape index (κ1) is 23.6. The Bertz CT molecular complexity index is 839. The van der Waals surface area contributed by atoms with E-state index in [1.807, 2.05) is 39.0 Å². The fourth-order valence-corrected chi connectivity index (χ4v) is 3.50. The van der Waals surface area contributed by atoms with Crippen molar-refractivity contribution in [1.29, 1.82) is 0 Å². The van der Waals surface area contributed by atoms with E-state index in [1.165, 1.54) is 5.56 Å². The fourth-order valence-electron chi connectivity index (χ4n) is 3.50. The van der Waals surface area contributed by atoms with Gasteiger partial charge < -0.3 is 10.6 Å². The van der Waals surface area contributed by atoms with Crippen LogP contribution in [0, 0.1) is 19.8 Å². The molecule has 5 nitrogen and oxygen atoms in total. The van der Waals surface area contributed by atoms with Crippen LogP contribution in [0.25, 0.3) is 0 Å². The lowest BCUT2D eigenvalue weighted by molar-refractivity contribution is -0.125. The van der Waals surface area contributed by atoms with Gasteiger partial charge in [0.1, 0.15) is 0 Å². The van der Waals surface area contributed by atoms with Gasteiger partial charge in [-0.15, -0.1) is 0 Å². The monoisotopic (exact) mass is 409 g/mol. The summed E-state index contributed by atoms with van der Waals surface area (Å²) in [7, 11) is 0. The van der Waals surface area contributed by atoms with E-state index in [2.05, 4.69) is 61.0 Å². The lowest BCUT2D eigenvalue weighted by Gasteiger charge is -2.26. The van der Waals surface area contributed by atoms with Crippen LogP contribution in [-0.2, 0) is 16.0 Å². The van der Waals surface area contributed by atoms with Crippen molar-refractivity contribution in [3.05, 3.63) is 64.7 Å². The summed E-state index contributed by atoms with van der Waals surface area (Å²) >= 11 is 0. The maximum absolute atomic E-state index is 12.6. The molecule has 0 aromatic heterocycles. The van der Waals surface area contributed by atoms with Gasteiger partial charge in [-0.2, -0.15) is 0 Å². The second-order valence-corrected chi connectivity index (χ2v) is 8.24. The van der Waals surface area contributed by atoms with Crippen molar-refractivity contribution in [1.82, 2.24) is 10.6 Å². The average Bonchev–Trinajstić information content (AvgIpc) is 2.72. The summed E-state index contributed by atoms with van der Waals surface area (Å²) in [5.41, 5.74) is 5.26. The predicted octanol–water partition coefficient (Wildman–Crippen LogP) is 4.30. The van der Waals surface area contributed by atoms with E-state index in [-0.39, 0.29) is 24.4 Å². The molecule has 0 heterocycles. The molecule has 0 aliphatic carbocycles. The van der Waals surface area contributed by atoms with Gasteiger partial charge in [0.05, 0.1) is 12.6 Å². The Balaban J connectivity index is 1.92. The van der Waals surface area contributed by atoms with Crippen LogP contribution in [0.2, 0.25) is 0 Å². The van der Waals surface area contributed by atoms with E-state index in [0.717, 1.165) is 28.8 Å². The second-order valence-electron chi connectivity index (χ2n) is 8.24. The highest BCUT2D eigenvalue weighted by molar-refractivity contribution is 5.96. The third kappa shape index (κ3) is 6.42. The normalized spacial score (nSPS) is 13.0. The molecule has 0 saturated carbocycles. The molecule has 0 spiro atoms. The van der Waals surface area contributed by atoms with Gasteiger partial charge in [-0.3, -0.25) is 14.9 Å². The molecule has 0 radical (unpaired) electrons. The van der Waals surface area contributed by atoms with E-state index >= 15 is 0 Å². The van der Waals surface area contributed by atoms with Gasteiger partial charge in [0.15, 0.2) is 0 Å². The van der Waals surface area contributed by atoms with Crippen molar-refractivity contribution in [3.63, 3.8) is 0 Å². The first-order chi connectivity index (χ1) is 14.2. The third-order valence-corrected chi connectivity index (χ3v) is 5.41. The molecule has 2 aromatic rings. The zero-order chi connectivity index (χ0) is 22.3. The Labute approximate surface area is 180 Å². The molecular weight excluding hydrogens is 374 g/mol. The van der Waals surface area contributed by atoms with Crippen molar-refractivity contribution in [3.8, 4) is 0 Å². The zero-order valence-corrected chi connectivity index (χ0v) is 19.0. The maximum atomic E-state index is 12.6. The summed E-state index contributed by atoms with van der Waals surface area (Å²) in [5, 5.41) is 9.05. The number of hydrogen-bond donors (Lipinski definition) is 3. The summed E-state index contributed by atoms with van der Waals surface area (Å²) in [6.45, 7) is 12.1. The lowest BCUT2D eigenvalue weighted by Crippen LogP contribution is -2.46. The summed E-state index contributed by atoms with van der Waals surface area (Å²) < 4.78 is 0. The van der Waals surface area contributed by atoms with Crippen LogP contribution in [-0.4, -0.2) is 24.4 Å². The van der Waals surface area contributed by atoms with Crippen LogP contribution in [0.4, 0.5) is 5.69 Å². The van der Waals surface area contributed by atoms with Crippen LogP contribution in [0.3, 0.4) is 0 Å². The standard InChI is InChI=1S/C25H35N3O2/c1-7-20-11-13-21(14-12-20)23(16(2)3)27-19(6)25(30)26-15-22(29)28-24-17(4)9-8-10-18(24)5/h8-14,16,19,23,27H,7,15H2,1-6H3,(H,26,30)(H,28,29)/t19-,23+/m0/s1. The average molecular weight is 410 g/mol. The predicted molar refractivity (Wildman–Crippen MR) is 124 cm³/mol. The number of rotatable bonds is 9. The molecule has 0 unspecified atom stereocenters. The van der Waals surface area contributed by atoms with E-state index < -0.39 is 6.04 Å². The maximum Gasteiger partial charge on any atom is 0.243 e. The Morgan fingerprint density at radius 3 is 2.07 bits per heavy atom. The minimum atomic E-state index is -0.420. The second kappa shape index (κ2) is 10.9. The highest BCUT2D eigenvalue weighted by Gasteiger charge is 2.22.